The van der Waals surface area contributed by atoms with Crippen LogP contribution < -0.4 is 0 Å². The van der Waals surface area contributed by atoms with E-state index in [9.17, 15) is 9.59 Å². The number of carboxylic acids is 1. The molecule has 3 fully saturated rings. The van der Waals surface area contributed by atoms with Gasteiger partial charge in [0, 0.05) is 13.1 Å². The molecule has 3 aliphatic rings. The van der Waals surface area contributed by atoms with Gasteiger partial charge in [-0.05, 0) is 57.3 Å². The van der Waals surface area contributed by atoms with E-state index in [-0.39, 0.29) is 17.9 Å². The van der Waals surface area contributed by atoms with Gasteiger partial charge in [0.05, 0.1) is 24.0 Å². The standard InChI is InChI=1S/C18H29NO4/c1-12-2-4-13(5-3-12)23-14-8-10-19(11-9-14)17(20)15-6-7-16(15)18(21)22/h12-16H,2-11H2,1H3,(H,21,22). The van der Waals surface area contributed by atoms with E-state index >= 15 is 0 Å². The second-order valence-electron chi connectivity index (χ2n) is 7.67. The number of nitrogens with zero attached hydrogens (tertiary/aromatic N) is 1. The van der Waals surface area contributed by atoms with Crippen LogP contribution >= 0.6 is 0 Å². The molecule has 5 nitrogen and oxygen atoms in total. The van der Waals surface area contributed by atoms with Gasteiger partial charge in [0.2, 0.25) is 5.91 Å². The summed E-state index contributed by atoms with van der Waals surface area (Å²) in [5.74, 6) is -0.683. The minimum absolute atomic E-state index is 0.0496. The van der Waals surface area contributed by atoms with Crippen LogP contribution in [-0.4, -0.2) is 47.2 Å². The fourth-order valence-electron chi connectivity index (χ4n) is 4.18. The molecule has 5 heteroatoms. The summed E-state index contributed by atoms with van der Waals surface area (Å²) in [6, 6.07) is 0. The molecule has 2 saturated carbocycles. The van der Waals surface area contributed by atoms with E-state index in [4.69, 9.17) is 9.84 Å². The van der Waals surface area contributed by atoms with Crippen molar-refractivity contribution < 1.29 is 19.4 Å². The lowest BCUT2D eigenvalue weighted by Crippen LogP contribution is -2.49. The SMILES string of the molecule is CC1CCC(OC2CCN(C(=O)C3CCC3C(=O)O)CC2)CC1. The smallest absolute Gasteiger partial charge is 0.307 e. The molecule has 23 heavy (non-hydrogen) atoms. The van der Waals surface area contributed by atoms with Gasteiger partial charge >= 0.3 is 5.97 Å². The molecule has 0 spiro atoms. The Balaban J connectivity index is 1.41. The highest BCUT2D eigenvalue weighted by Crippen LogP contribution is 2.36. The van der Waals surface area contributed by atoms with Crippen LogP contribution in [0.1, 0.15) is 58.3 Å². The first kappa shape index (κ1) is 16.7. The lowest BCUT2D eigenvalue weighted by atomic mass is 9.72. The summed E-state index contributed by atoms with van der Waals surface area (Å²) in [5, 5.41) is 9.10. The Morgan fingerprint density at radius 3 is 1.96 bits per heavy atom. The predicted molar refractivity (Wildman–Crippen MR) is 86.0 cm³/mol. The number of hydrogen-bond acceptors (Lipinski definition) is 3. The highest BCUT2D eigenvalue weighted by atomic mass is 16.5. The molecule has 0 radical (unpaired) electrons. The largest absolute Gasteiger partial charge is 0.481 e. The molecule has 1 heterocycles. The molecule has 130 valence electrons. The minimum Gasteiger partial charge on any atom is -0.481 e. The average molecular weight is 323 g/mol. The van der Waals surface area contributed by atoms with Crippen LogP contribution in [-0.2, 0) is 14.3 Å². The van der Waals surface area contributed by atoms with E-state index in [1.165, 1.54) is 25.7 Å². The Morgan fingerprint density at radius 2 is 1.43 bits per heavy atom. The monoisotopic (exact) mass is 323 g/mol. The third kappa shape index (κ3) is 3.87. The Kier molecular flexibility index (Phi) is 5.24. The Bertz CT molecular complexity index is 436. The third-order valence-electron chi connectivity index (χ3n) is 6.01. The fraction of sp³-hybridized carbons (Fsp3) is 0.889. The van der Waals surface area contributed by atoms with Crippen LogP contribution in [0, 0.1) is 17.8 Å². The number of likely N-dealkylation sites (tertiary alicyclic amines) is 1. The van der Waals surface area contributed by atoms with E-state index in [1.54, 1.807) is 0 Å². The van der Waals surface area contributed by atoms with E-state index in [0.717, 1.165) is 38.3 Å². The van der Waals surface area contributed by atoms with Crippen molar-refractivity contribution in [2.75, 3.05) is 13.1 Å². The zero-order valence-corrected chi connectivity index (χ0v) is 14.1. The van der Waals surface area contributed by atoms with Gasteiger partial charge in [0.1, 0.15) is 0 Å². The number of carboxylic acid groups (broad SMARTS) is 1. The van der Waals surface area contributed by atoms with Crippen molar-refractivity contribution in [3.05, 3.63) is 0 Å². The number of hydrogen-bond donors (Lipinski definition) is 1. The number of carbonyl (C=O) groups excluding carboxylic acids is 1. The number of carbonyl (C=O) groups is 2. The first-order chi connectivity index (χ1) is 11.0. The molecule has 1 amide bonds. The summed E-state index contributed by atoms with van der Waals surface area (Å²) >= 11 is 0. The molecule has 1 saturated heterocycles. The second kappa shape index (κ2) is 7.20. The lowest BCUT2D eigenvalue weighted by molar-refractivity contribution is -0.158. The van der Waals surface area contributed by atoms with Crippen LogP contribution in [0.5, 0.6) is 0 Å². The fourth-order valence-corrected chi connectivity index (χ4v) is 4.18. The predicted octanol–water partition coefficient (Wildman–Crippen LogP) is 2.68. The summed E-state index contributed by atoms with van der Waals surface area (Å²) in [4.78, 5) is 25.4. The number of amides is 1. The van der Waals surface area contributed by atoms with E-state index in [0.29, 0.717) is 12.5 Å². The van der Waals surface area contributed by atoms with Crippen molar-refractivity contribution in [3.8, 4) is 0 Å². The summed E-state index contributed by atoms with van der Waals surface area (Å²) in [5.41, 5.74) is 0. The van der Waals surface area contributed by atoms with Gasteiger partial charge in [0.15, 0.2) is 0 Å². The zero-order valence-electron chi connectivity index (χ0n) is 14.1. The van der Waals surface area contributed by atoms with E-state index in [2.05, 4.69) is 6.92 Å². The number of ether oxygens (including phenoxy) is 1. The number of piperidine rings is 1. The zero-order chi connectivity index (χ0) is 16.4. The maximum absolute atomic E-state index is 12.4. The molecule has 0 bridgehead atoms. The second-order valence-corrected chi connectivity index (χ2v) is 7.67. The molecule has 0 aromatic heterocycles. The molecule has 2 aliphatic carbocycles. The third-order valence-corrected chi connectivity index (χ3v) is 6.01. The molecule has 2 unspecified atom stereocenters. The van der Waals surface area contributed by atoms with Gasteiger partial charge in [0.25, 0.3) is 0 Å². The molecular formula is C18H29NO4. The topological polar surface area (TPSA) is 66.8 Å². The van der Waals surface area contributed by atoms with Gasteiger partial charge in [-0.15, -0.1) is 0 Å². The molecule has 3 rings (SSSR count). The first-order valence-electron chi connectivity index (χ1n) is 9.21. The van der Waals surface area contributed by atoms with Crippen molar-refractivity contribution in [3.63, 3.8) is 0 Å². The average Bonchev–Trinajstić information content (AvgIpc) is 2.48. The van der Waals surface area contributed by atoms with Crippen LogP contribution in [0.25, 0.3) is 0 Å². The Labute approximate surface area is 138 Å². The van der Waals surface area contributed by atoms with Gasteiger partial charge in [-0.3, -0.25) is 9.59 Å². The van der Waals surface area contributed by atoms with Gasteiger partial charge in [-0.2, -0.15) is 0 Å². The molecule has 2 atom stereocenters. The first-order valence-corrected chi connectivity index (χ1v) is 9.21. The van der Waals surface area contributed by atoms with Crippen LogP contribution in [0.3, 0.4) is 0 Å². The van der Waals surface area contributed by atoms with Crippen LogP contribution in [0.2, 0.25) is 0 Å². The maximum Gasteiger partial charge on any atom is 0.307 e. The number of aliphatic carboxylic acids is 1. The van der Waals surface area contributed by atoms with Gasteiger partial charge in [-0.25, -0.2) is 0 Å². The highest BCUT2D eigenvalue weighted by Gasteiger charge is 2.43. The normalized spacial score (nSPS) is 35.6. The maximum atomic E-state index is 12.4. The van der Waals surface area contributed by atoms with E-state index in [1.807, 2.05) is 4.90 Å². The van der Waals surface area contributed by atoms with Gasteiger partial charge < -0.3 is 14.7 Å². The van der Waals surface area contributed by atoms with Crippen molar-refractivity contribution in [2.45, 2.75) is 70.5 Å². The number of rotatable bonds is 4. The molecule has 0 aromatic rings. The minimum atomic E-state index is -0.820. The summed E-state index contributed by atoms with van der Waals surface area (Å²) in [7, 11) is 0. The van der Waals surface area contributed by atoms with Crippen LogP contribution in [0.15, 0.2) is 0 Å². The molecule has 0 aromatic carbocycles. The Hall–Kier alpha value is -1.10. The molecular weight excluding hydrogens is 294 g/mol. The Morgan fingerprint density at radius 1 is 0.870 bits per heavy atom. The molecule has 1 aliphatic heterocycles. The van der Waals surface area contributed by atoms with Crippen LogP contribution in [0.4, 0.5) is 0 Å². The lowest BCUT2D eigenvalue weighted by Gasteiger charge is -2.40. The van der Waals surface area contributed by atoms with Crippen molar-refractivity contribution in [1.29, 1.82) is 0 Å². The quantitative estimate of drug-likeness (QED) is 0.864. The van der Waals surface area contributed by atoms with E-state index < -0.39 is 11.9 Å². The molecule has 1 N–H and O–H groups in total. The van der Waals surface area contributed by atoms with Gasteiger partial charge in [-0.1, -0.05) is 6.92 Å². The summed E-state index contributed by atoms with van der Waals surface area (Å²) in [6.45, 7) is 3.75. The van der Waals surface area contributed by atoms with Crippen molar-refractivity contribution in [1.82, 2.24) is 4.90 Å². The van der Waals surface area contributed by atoms with Crippen molar-refractivity contribution in [2.24, 2.45) is 17.8 Å². The summed E-state index contributed by atoms with van der Waals surface area (Å²) < 4.78 is 6.24. The highest BCUT2D eigenvalue weighted by molar-refractivity contribution is 5.86. The summed E-state index contributed by atoms with van der Waals surface area (Å²) in [6.07, 6.45) is 8.70. The van der Waals surface area contributed by atoms with Crippen molar-refractivity contribution >= 4 is 11.9 Å².